The lowest BCUT2D eigenvalue weighted by Crippen LogP contribution is -2.22. The number of rotatable bonds is 3. The van der Waals surface area contributed by atoms with E-state index in [-0.39, 0.29) is 18.5 Å². The van der Waals surface area contributed by atoms with E-state index < -0.39 is 0 Å². The Labute approximate surface area is 120 Å². The largest absolute Gasteiger partial charge is 0.334 e. The molecule has 20 heavy (non-hydrogen) atoms. The van der Waals surface area contributed by atoms with Gasteiger partial charge in [0.25, 0.3) is 0 Å². The van der Waals surface area contributed by atoms with Crippen LogP contribution in [0.2, 0.25) is 0 Å². The molecule has 3 rings (SSSR count). The number of hydrogen-bond donors (Lipinski definition) is 1. The minimum Gasteiger partial charge on any atom is -0.276 e. The van der Waals surface area contributed by atoms with Crippen LogP contribution in [-0.2, 0) is 4.79 Å². The fourth-order valence-corrected chi connectivity index (χ4v) is 2.79. The van der Waals surface area contributed by atoms with E-state index in [4.69, 9.17) is 0 Å². The third-order valence-electron chi connectivity index (χ3n) is 2.94. The normalized spacial score (nSPS) is 14.5. The van der Waals surface area contributed by atoms with Gasteiger partial charge in [-0.1, -0.05) is 42.5 Å². The summed E-state index contributed by atoms with van der Waals surface area (Å²) in [6.45, 7) is 0.101. The topological polar surface area (TPSA) is 49.4 Å². The summed E-state index contributed by atoms with van der Waals surface area (Å²) in [5, 5.41) is 2.25. The van der Waals surface area contributed by atoms with Crippen molar-refractivity contribution in [2.75, 3.05) is 6.54 Å². The predicted octanol–water partition coefficient (Wildman–Crippen LogP) is 2.91. The van der Waals surface area contributed by atoms with Crippen molar-refractivity contribution < 1.29 is 9.59 Å². The van der Waals surface area contributed by atoms with Gasteiger partial charge in [-0.2, -0.15) is 0 Å². The Hall–Kier alpha value is -2.27. The Morgan fingerprint density at radius 3 is 2.15 bits per heavy atom. The lowest BCUT2D eigenvalue weighted by atomic mass is 10.1. The van der Waals surface area contributed by atoms with Gasteiger partial charge in [0.15, 0.2) is 0 Å². The molecular formula is C15H12N2O2S. The van der Waals surface area contributed by atoms with Crippen LogP contribution in [0.1, 0.15) is 0 Å². The molecule has 1 saturated heterocycles. The third-order valence-corrected chi connectivity index (χ3v) is 3.94. The van der Waals surface area contributed by atoms with Crippen molar-refractivity contribution in [1.82, 2.24) is 9.62 Å². The fourth-order valence-electron chi connectivity index (χ4n) is 1.96. The minimum absolute atomic E-state index is 0.101. The maximum absolute atomic E-state index is 11.5. The standard InChI is InChI=1S/C15H12N2O2S/c18-14-10-17(15(19)16-14)20-13-8-6-12(7-9-13)11-4-2-1-3-5-11/h1-9H,10H2,(H,16,18,19). The lowest BCUT2D eigenvalue weighted by Gasteiger charge is -2.11. The summed E-state index contributed by atoms with van der Waals surface area (Å²) in [6.07, 6.45) is 0. The number of carbonyl (C=O) groups excluding carboxylic acids is 2. The van der Waals surface area contributed by atoms with Crippen molar-refractivity contribution in [3.8, 4) is 11.1 Å². The highest BCUT2D eigenvalue weighted by molar-refractivity contribution is 7.97. The highest BCUT2D eigenvalue weighted by atomic mass is 32.2. The summed E-state index contributed by atoms with van der Waals surface area (Å²) in [4.78, 5) is 23.5. The van der Waals surface area contributed by atoms with E-state index in [0.29, 0.717) is 0 Å². The number of hydrogen-bond acceptors (Lipinski definition) is 3. The smallest absolute Gasteiger partial charge is 0.276 e. The molecule has 4 nitrogen and oxygen atoms in total. The number of urea groups is 1. The van der Waals surface area contributed by atoms with E-state index in [1.807, 2.05) is 42.5 Å². The zero-order valence-corrected chi connectivity index (χ0v) is 11.4. The number of nitrogens with one attached hydrogen (secondary N) is 1. The molecule has 0 spiro atoms. The van der Waals surface area contributed by atoms with E-state index in [2.05, 4.69) is 17.4 Å². The maximum atomic E-state index is 11.5. The minimum atomic E-state index is -0.355. The summed E-state index contributed by atoms with van der Waals surface area (Å²) in [7, 11) is 0. The second-order valence-electron chi connectivity index (χ2n) is 4.37. The molecule has 0 unspecified atom stereocenters. The maximum Gasteiger partial charge on any atom is 0.334 e. The van der Waals surface area contributed by atoms with Gasteiger partial charge in [0.2, 0.25) is 5.91 Å². The molecule has 0 atom stereocenters. The molecule has 0 aromatic heterocycles. The first-order valence-corrected chi connectivity index (χ1v) is 6.94. The van der Waals surface area contributed by atoms with E-state index in [1.54, 1.807) is 0 Å². The Bertz CT molecular complexity index is 641. The van der Waals surface area contributed by atoms with Crippen molar-refractivity contribution in [1.29, 1.82) is 0 Å². The van der Waals surface area contributed by atoms with E-state index in [0.717, 1.165) is 16.0 Å². The molecule has 2 aromatic carbocycles. The Kier molecular flexibility index (Phi) is 3.43. The molecule has 0 aliphatic carbocycles. The van der Waals surface area contributed by atoms with Crippen LogP contribution >= 0.6 is 11.9 Å². The summed E-state index contributed by atoms with van der Waals surface area (Å²) in [5.41, 5.74) is 2.27. The van der Waals surface area contributed by atoms with E-state index in [9.17, 15) is 9.59 Å². The number of benzene rings is 2. The van der Waals surface area contributed by atoms with Crippen LogP contribution in [0.15, 0.2) is 59.5 Å². The molecule has 1 heterocycles. The van der Waals surface area contributed by atoms with Crippen molar-refractivity contribution in [3.05, 3.63) is 54.6 Å². The van der Waals surface area contributed by atoms with Gasteiger partial charge < -0.3 is 0 Å². The predicted molar refractivity (Wildman–Crippen MR) is 78.0 cm³/mol. The van der Waals surface area contributed by atoms with Gasteiger partial charge in [0.05, 0.1) is 0 Å². The van der Waals surface area contributed by atoms with Crippen molar-refractivity contribution in [2.24, 2.45) is 0 Å². The Morgan fingerprint density at radius 1 is 0.900 bits per heavy atom. The monoisotopic (exact) mass is 284 g/mol. The molecule has 5 heteroatoms. The Balaban J connectivity index is 1.74. The number of amides is 3. The number of carbonyl (C=O) groups is 2. The summed E-state index contributed by atoms with van der Waals surface area (Å²) < 4.78 is 1.42. The first kappa shape index (κ1) is 12.7. The van der Waals surface area contributed by atoms with Crippen LogP contribution in [0.3, 0.4) is 0 Å². The van der Waals surface area contributed by atoms with Crippen molar-refractivity contribution >= 4 is 23.9 Å². The van der Waals surface area contributed by atoms with Crippen LogP contribution in [0.25, 0.3) is 11.1 Å². The molecule has 1 N–H and O–H groups in total. The summed E-state index contributed by atoms with van der Waals surface area (Å²) in [6, 6.07) is 17.6. The number of imide groups is 1. The van der Waals surface area contributed by atoms with Crippen LogP contribution in [-0.4, -0.2) is 22.8 Å². The van der Waals surface area contributed by atoms with Gasteiger partial charge in [-0.15, -0.1) is 0 Å². The van der Waals surface area contributed by atoms with Crippen molar-refractivity contribution in [3.63, 3.8) is 0 Å². The first-order chi connectivity index (χ1) is 9.72. The molecular weight excluding hydrogens is 272 g/mol. The average Bonchev–Trinajstić information content (AvgIpc) is 2.79. The quantitative estimate of drug-likeness (QED) is 0.696. The summed E-state index contributed by atoms with van der Waals surface area (Å²) in [5.74, 6) is -0.261. The molecule has 1 aliphatic heterocycles. The second-order valence-corrected chi connectivity index (χ2v) is 5.47. The SMILES string of the molecule is O=C1CN(Sc2ccc(-c3ccccc3)cc2)C(=O)N1. The van der Waals surface area contributed by atoms with Crippen LogP contribution in [0, 0.1) is 0 Å². The highest BCUT2D eigenvalue weighted by Crippen LogP contribution is 2.27. The summed E-state index contributed by atoms with van der Waals surface area (Å²) >= 11 is 1.27. The molecule has 3 amide bonds. The van der Waals surface area contributed by atoms with Gasteiger partial charge in [0, 0.05) is 4.90 Å². The third kappa shape index (κ3) is 2.67. The molecule has 2 aromatic rings. The molecule has 0 saturated carbocycles. The zero-order valence-electron chi connectivity index (χ0n) is 10.6. The van der Waals surface area contributed by atoms with Gasteiger partial charge in [-0.3, -0.25) is 14.4 Å². The van der Waals surface area contributed by atoms with Gasteiger partial charge >= 0.3 is 6.03 Å². The van der Waals surface area contributed by atoms with Gasteiger partial charge in [-0.05, 0) is 35.2 Å². The van der Waals surface area contributed by atoms with Crippen molar-refractivity contribution in [2.45, 2.75) is 4.90 Å². The zero-order chi connectivity index (χ0) is 13.9. The molecule has 100 valence electrons. The second kappa shape index (κ2) is 5.38. The van der Waals surface area contributed by atoms with E-state index >= 15 is 0 Å². The van der Waals surface area contributed by atoms with Gasteiger partial charge in [0.1, 0.15) is 6.54 Å². The van der Waals surface area contributed by atoms with Crippen LogP contribution in [0.4, 0.5) is 4.79 Å². The first-order valence-electron chi connectivity index (χ1n) is 6.17. The van der Waals surface area contributed by atoms with E-state index in [1.165, 1.54) is 16.3 Å². The van der Waals surface area contributed by atoms with Crippen LogP contribution < -0.4 is 5.32 Å². The Morgan fingerprint density at radius 2 is 1.55 bits per heavy atom. The molecule has 1 fully saturated rings. The molecule has 1 aliphatic rings. The molecule has 0 bridgehead atoms. The van der Waals surface area contributed by atoms with Gasteiger partial charge in [-0.25, -0.2) is 4.79 Å². The average molecular weight is 284 g/mol. The highest BCUT2D eigenvalue weighted by Gasteiger charge is 2.27. The number of nitrogens with zero attached hydrogens (tertiary/aromatic N) is 1. The van der Waals surface area contributed by atoms with Crippen LogP contribution in [0.5, 0.6) is 0 Å². The molecule has 0 radical (unpaired) electrons. The fraction of sp³-hybridized carbons (Fsp3) is 0.0667. The lowest BCUT2D eigenvalue weighted by molar-refractivity contribution is -0.118.